The summed E-state index contributed by atoms with van der Waals surface area (Å²) in [5.41, 5.74) is 2.50. The lowest BCUT2D eigenvalue weighted by Gasteiger charge is -2.28. The molecule has 0 amide bonds. The van der Waals surface area contributed by atoms with Crippen LogP contribution in [0, 0.1) is 24.2 Å². The third-order valence-electron chi connectivity index (χ3n) is 3.90. The van der Waals surface area contributed by atoms with Crippen molar-refractivity contribution in [1.82, 2.24) is 4.90 Å². The van der Waals surface area contributed by atoms with E-state index in [1.807, 2.05) is 14.1 Å². The van der Waals surface area contributed by atoms with Crippen molar-refractivity contribution in [2.45, 2.75) is 26.3 Å². The summed E-state index contributed by atoms with van der Waals surface area (Å²) in [6, 6.07) is 15.6. The molecule has 0 radical (unpaired) electrons. The zero-order valence-electron chi connectivity index (χ0n) is 12.7. The Bertz CT molecular complexity index is 637. The predicted octanol–water partition coefficient (Wildman–Crippen LogP) is 4.30. The summed E-state index contributed by atoms with van der Waals surface area (Å²) in [4.78, 5) is 2.15. The lowest BCUT2D eigenvalue weighted by molar-refractivity contribution is 0.241. The van der Waals surface area contributed by atoms with Gasteiger partial charge in [0.15, 0.2) is 0 Å². The Hall–Kier alpha value is -1.85. The molecule has 104 valence electrons. The second-order valence-corrected chi connectivity index (χ2v) is 5.66. The van der Waals surface area contributed by atoms with Gasteiger partial charge in [0.1, 0.15) is 0 Å². The van der Waals surface area contributed by atoms with Gasteiger partial charge in [-0.2, -0.15) is 5.26 Å². The maximum Gasteiger partial charge on any atom is 0.0675 e. The highest BCUT2D eigenvalue weighted by Crippen LogP contribution is 2.31. The van der Waals surface area contributed by atoms with Crippen LogP contribution < -0.4 is 0 Å². The largest absolute Gasteiger partial charge is 0.301 e. The van der Waals surface area contributed by atoms with Gasteiger partial charge in [0.05, 0.1) is 18.0 Å². The van der Waals surface area contributed by atoms with Crippen molar-refractivity contribution in [3.63, 3.8) is 0 Å². The molecular weight excluding hydrogens is 244 g/mol. The normalized spacial score (nSPS) is 14.2. The zero-order valence-corrected chi connectivity index (χ0v) is 12.7. The Labute approximate surface area is 121 Å². The lowest BCUT2D eigenvalue weighted by Crippen LogP contribution is -2.26. The quantitative estimate of drug-likeness (QED) is 0.825. The van der Waals surface area contributed by atoms with Gasteiger partial charge in [0.25, 0.3) is 0 Å². The summed E-state index contributed by atoms with van der Waals surface area (Å²) < 4.78 is 0. The molecule has 20 heavy (non-hydrogen) atoms. The van der Waals surface area contributed by atoms with E-state index in [0.29, 0.717) is 0 Å². The van der Waals surface area contributed by atoms with Crippen LogP contribution in [0.15, 0.2) is 36.4 Å². The molecular formula is C18H22N2. The first-order chi connectivity index (χ1) is 9.56. The van der Waals surface area contributed by atoms with Gasteiger partial charge in [-0.15, -0.1) is 0 Å². The van der Waals surface area contributed by atoms with E-state index in [4.69, 9.17) is 0 Å². The summed E-state index contributed by atoms with van der Waals surface area (Å²) in [5, 5.41) is 11.9. The van der Waals surface area contributed by atoms with E-state index < -0.39 is 0 Å². The molecule has 0 N–H and O–H groups in total. The SMILES string of the molecule is CCC(C#N)C(c1ccc2cc(C)ccc2c1)N(C)C. The summed E-state index contributed by atoms with van der Waals surface area (Å²) in [6.45, 7) is 4.19. The Balaban J connectivity index is 2.49. The van der Waals surface area contributed by atoms with E-state index in [1.54, 1.807) is 0 Å². The van der Waals surface area contributed by atoms with Crippen LogP contribution in [0.5, 0.6) is 0 Å². The fourth-order valence-electron chi connectivity index (χ4n) is 2.84. The van der Waals surface area contributed by atoms with E-state index in [2.05, 4.69) is 61.2 Å². The molecule has 0 saturated carbocycles. The van der Waals surface area contributed by atoms with E-state index in [0.717, 1.165) is 6.42 Å². The summed E-state index contributed by atoms with van der Waals surface area (Å²) in [5.74, 6) is 0.0212. The van der Waals surface area contributed by atoms with E-state index in [9.17, 15) is 5.26 Å². The minimum absolute atomic E-state index is 0.0212. The molecule has 0 saturated heterocycles. The molecule has 2 nitrogen and oxygen atoms in total. The molecule has 2 rings (SSSR count). The number of benzene rings is 2. The Morgan fingerprint density at radius 1 is 1.10 bits per heavy atom. The second-order valence-electron chi connectivity index (χ2n) is 5.66. The van der Waals surface area contributed by atoms with E-state index >= 15 is 0 Å². The van der Waals surface area contributed by atoms with Gasteiger partial charge in [-0.3, -0.25) is 0 Å². The Morgan fingerprint density at radius 2 is 1.75 bits per heavy atom. The van der Waals surface area contributed by atoms with Gasteiger partial charge in [0, 0.05) is 0 Å². The van der Waals surface area contributed by atoms with Crippen LogP contribution in [0.4, 0.5) is 0 Å². The van der Waals surface area contributed by atoms with E-state index in [1.165, 1.54) is 21.9 Å². The maximum atomic E-state index is 9.38. The first kappa shape index (κ1) is 14.6. The third kappa shape index (κ3) is 2.84. The van der Waals surface area contributed by atoms with Crippen LogP contribution >= 0.6 is 0 Å². The number of hydrogen-bond donors (Lipinski definition) is 0. The minimum atomic E-state index is 0.0212. The van der Waals surface area contributed by atoms with Crippen LogP contribution in [-0.4, -0.2) is 19.0 Å². The molecule has 2 atom stereocenters. The molecule has 2 aromatic rings. The van der Waals surface area contributed by atoms with Gasteiger partial charge < -0.3 is 4.90 Å². The number of hydrogen-bond acceptors (Lipinski definition) is 2. The van der Waals surface area contributed by atoms with Crippen molar-refractivity contribution >= 4 is 10.8 Å². The maximum absolute atomic E-state index is 9.38. The van der Waals surface area contributed by atoms with Crippen molar-refractivity contribution in [3.8, 4) is 6.07 Å². The minimum Gasteiger partial charge on any atom is -0.301 e. The van der Waals surface area contributed by atoms with Gasteiger partial charge >= 0.3 is 0 Å². The van der Waals surface area contributed by atoms with Gasteiger partial charge in [0.2, 0.25) is 0 Å². The molecule has 0 aliphatic carbocycles. The highest BCUT2D eigenvalue weighted by molar-refractivity contribution is 5.83. The second kappa shape index (κ2) is 6.07. The number of nitriles is 1. The molecule has 0 fully saturated rings. The molecule has 2 heteroatoms. The number of aryl methyl sites for hydroxylation is 1. The number of fused-ring (bicyclic) bond motifs is 1. The number of nitrogens with zero attached hydrogens (tertiary/aromatic N) is 2. The fraction of sp³-hybridized carbons (Fsp3) is 0.389. The van der Waals surface area contributed by atoms with Crippen molar-refractivity contribution in [2.24, 2.45) is 5.92 Å². The fourth-order valence-corrected chi connectivity index (χ4v) is 2.84. The standard InChI is InChI=1S/C18H22N2/c1-5-14(12-19)18(20(3)4)17-9-8-15-10-13(2)6-7-16(15)11-17/h6-11,14,18H,5H2,1-4H3. The summed E-state index contributed by atoms with van der Waals surface area (Å²) in [7, 11) is 4.09. The van der Waals surface area contributed by atoms with Gasteiger partial charge in [-0.05, 0) is 49.8 Å². The zero-order chi connectivity index (χ0) is 14.7. The molecule has 0 aliphatic rings. The van der Waals surface area contributed by atoms with Crippen LogP contribution in [0.1, 0.15) is 30.5 Å². The van der Waals surface area contributed by atoms with Gasteiger partial charge in [-0.1, -0.05) is 42.8 Å². The highest BCUT2D eigenvalue weighted by atomic mass is 15.1. The highest BCUT2D eigenvalue weighted by Gasteiger charge is 2.23. The first-order valence-corrected chi connectivity index (χ1v) is 7.13. The van der Waals surface area contributed by atoms with Crippen LogP contribution in [0.3, 0.4) is 0 Å². The van der Waals surface area contributed by atoms with Gasteiger partial charge in [-0.25, -0.2) is 0 Å². The smallest absolute Gasteiger partial charge is 0.0675 e. The molecule has 0 bridgehead atoms. The average molecular weight is 266 g/mol. The van der Waals surface area contributed by atoms with Crippen LogP contribution in [0.25, 0.3) is 10.8 Å². The third-order valence-corrected chi connectivity index (χ3v) is 3.90. The Kier molecular flexibility index (Phi) is 4.42. The monoisotopic (exact) mass is 266 g/mol. The molecule has 0 aliphatic heterocycles. The Morgan fingerprint density at radius 3 is 2.35 bits per heavy atom. The van der Waals surface area contributed by atoms with E-state index in [-0.39, 0.29) is 12.0 Å². The first-order valence-electron chi connectivity index (χ1n) is 7.13. The van der Waals surface area contributed by atoms with Crippen molar-refractivity contribution in [2.75, 3.05) is 14.1 Å². The summed E-state index contributed by atoms with van der Waals surface area (Å²) in [6.07, 6.45) is 0.866. The molecule has 2 aromatic carbocycles. The van der Waals surface area contributed by atoms with Crippen LogP contribution in [0.2, 0.25) is 0 Å². The number of rotatable bonds is 4. The molecule has 2 unspecified atom stereocenters. The molecule has 0 heterocycles. The molecule has 0 aromatic heterocycles. The van der Waals surface area contributed by atoms with Crippen molar-refractivity contribution in [3.05, 3.63) is 47.5 Å². The van der Waals surface area contributed by atoms with Crippen molar-refractivity contribution < 1.29 is 0 Å². The topological polar surface area (TPSA) is 27.0 Å². The predicted molar refractivity (Wildman–Crippen MR) is 84.5 cm³/mol. The van der Waals surface area contributed by atoms with Crippen LogP contribution in [-0.2, 0) is 0 Å². The lowest BCUT2D eigenvalue weighted by atomic mass is 9.90. The average Bonchev–Trinajstić information content (AvgIpc) is 2.43. The molecule has 0 spiro atoms. The van der Waals surface area contributed by atoms with Crippen molar-refractivity contribution in [1.29, 1.82) is 5.26 Å². The summed E-state index contributed by atoms with van der Waals surface area (Å²) >= 11 is 0.